The van der Waals surface area contributed by atoms with Crippen molar-refractivity contribution in [3.8, 4) is 5.69 Å². The van der Waals surface area contributed by atoms with Gasteiger partial charge in [0.15, 0.2) is 5.16 Å². The third kappa shape index (κ3) is 4.66. The highest BCUT2D eigenvalue weighted by Gasteiger charge is 2.19. The van der Waals surface area contributed by atoms with Gasteiger partial charge in [-0.05, 0) is 55.8 Å². The quantitative estimate of drug-likeness (QED) is 0.604. The van der Waals surface area contributed by atoms with Gasteiger partial charge in [-0.15, -0.1) is 10.2 Å². The molecule has 0 spiro atoms. The summed E-state index contributed by atoms with van der Waals surface area (Å²) >= 11 is 7.58. The number of hydrogen-bond donors (Lipinski definition) is 1. The van der Waals surface area contributed by atoms with Crippen molar-refractivity contribution in [2.45, 2.75) is 24.3 Å². The fraction of sp³-hybridized carbons (Fsp3) is 0.250. The summed E-state index contributed by atoms with van der Waals surface area (Å²) in [6.45, 7) is 3.79. The van der Waals surface area contributed by atoms with Crippen LogP contribution in [0.5, 0.6) is 0 Å². The molecule has 1 heterocycles. The minimum absolute atomic E-state index is 0.0981. The predicted molar refractivity (Wildman–Crippen MR) is 116 cm³/mol. The number of aryl methyl sites for hydroxylation is 1. The van der Waals surface area contributed by atoms with Crippen LogP contribution in [0.3, 0.4) is 0 Å². The Hall–Kier alpha value is -2.51. The molecule has 1 unspecified atom stereocenters. The van der Waals surface area contributed by atoms with Gasteiger partial charge in [-0.1, -0.05) is 29.4 Å². The number of carbonyl (C=O) groups excluding carboxylic acids is 1. The number of hydrogen-bond acceptors (Lipinski definition) is 5. The van der Waals surface area contributed by atoms with Gasteiger partial charge in [-0.2, -0.15) is 0 Å². The first-order valence-electron chi connectivity index (χ1n) is 8.76. The van der Waals surface area contributed by atoms with Gasteiger partial charge in [0.05, 0.1) is 10.9 Å². The van der Waals surface area contributed by atoms with E-state index in [0.29, 0.717) is 10.2 Å². The number of anilines is 2. The van der Waals surface area contributed by atoms with E-state index in [4.69, 9.17) is 11.6 Å². The number of amides is 1. The van der Waals surface area contributed by atoms with E-state index in [1.807, 2.05) is 79.9 Å². The van der Waals surface area contributed by atoms with E-state index in [9.17, 15) is 4.79 Å². The van der Waals surface area contributed by atoms with Crippen LogP contribution in [0.4, 0.5) is 11.4 Å². The molecule has 8 heteroatoms. The third-order valence-corrected chi connectivity index (χ3v) is 5.72. The molecule has 0 fully saturated rings. The number of thioether (sulfide) groups is 1. The van der Waals surface area contributed by atoms with Gasteiger partial charge in [0, 0.05) is 30.5 Å². The van der Waals surface area contributed by atoms with Crippen LogP contribution < -0.4 is 10.2 Å². The molecule has 0 aliphatic rings. The molecular formula is C20H22ClN5OS. The zero-order valence-electron chi connectivity index (χ0n) is 16.2. The van der Waals surface area contributed by atoms with Gasteiger partial charge < -0.3 is 10.2 Å². The van der Waals surface area contributed by atoms with Gasteiger partial charge in [-0.25, -0.2) is 0 Å². The fourth-order valence-electron chi connectivity index (χ4n) is 2.51. The summed E-state index contributed by atoms with van der Waals surface area (Å²) in [5.74, 6) is -0.0981. The highest BCUT2D eigenvalue weighted by Crippen LogP contribution is 2.27. The molecule has 6 nitrogen and oxygen atoms in total. The maximum absolute atomic E-state index is 12.6. The Morgan fingerprint density at radius 3 is 2.57 bits per heavy atom. The lowest BCUT2D eigenvalue weighted by molar-refractivity contribution is -0.115. The molecule has 0 radical (unpaired) electrons. The molecule has 1 atom stereocenters. The summed E-state index contributed by atoms with van der Waals surface area (Å²) in [5.41, 5.74) is 3.69. The second kappa shape index (κ2) is 8.67. The van der Waals surface area contributed by atoms with Crippen LogP contribution in [0.15, 0.2) is 53.9 Å². The van der Waals surface area contributed by atoms with Crippen molar-refractivity contribution >= 4 is 40.6 Å². The maximum Gasteiger partial charge on any atom is 0.237 e. The summed E-state index contributed by atoms with van der Waals surface area (Å²) in [6, 6.07) is 13.5. The smallest absolute Gasteiger partial charge is 0.237 e. The average Bonchev–Trinajstić information content (AvgIpc) is 3.12. The van der Waals surface area contributed by atoms with Crippen LogP contribution in [0.25, 0.3) is 5.69 Å². The van der Waals surface area contributed by atoms with Crippen LogP contribution in [-0.4, -0.2) is 40.0 Å². The molecule has 0 saturated carbocycles. The molecule has 0 bridgehead atoms. The topological polar surface area (TPSA) is 63.1 Å². The van der Waals surface area contributed by atoms with Gasteiger partial charge in [0.25, 0.3) is 0 Å². The summed E-state index contributed by atoms with van der Waals surface area (Å²) in [7, 11) is 3.95. The first kappa shape index (κ1) is 20.2. The van der Waals surface area contributed by atoms with E-state index in [-0.39, 0.29) is 11.2 Å². The van der Waals surface area contributed by atoms with Crippen molar-refractivity contribution in [2.24, 2.45) is 0 Å². The van der Waals surface area contributed by atoms with Gasteiger partial charge in [0.1, 0.15) is 6.33 Å². The molecule has 2 aromatic carbocycles. The molecule has 1 N–H and O–H groups in total. The Labute approximate surface area is 173 Å². The molecule has 1 aromatic heterocycles. The molecule has 28 heavy (non-hydrogen) atoms. The lowest BCUT2D eigenvalue weighted by Crippen LogP contribution is -2.23. The van der Waals surface area contributed by atoms with Gasteiger partial charge in [0.2, 0.25) is 5.91 Å². The van der Waals surface area contributed by atoms with Crippen LogP contribution >= 0.6 is 23.4 Å². The second-order valence-corrected chi connectivity index (χ2v) is 8.32. The zero-order chi connectivity index (χ0) is 20.3. The van der Waals surface area contributed by atoms with E-state index in [1.54, 1.807) is 6.33 Å². The second-order valence-electron chi connectivity index (χ2n) is 6.61. The lowest BCUT2D eigenvalue weighted by atomic mass is 10.2. The molecular weight excluding hydrogens is 394 g/mol. The number of aromatic nitrogens is 3. The SMILES string of the molecule is Cc1ccc(-n2cnnc2SC(C)C(=O)Nc2ccc(N(C)C)cc2)cc1Cl. The van der Waals surface area contributed by atoms with Crippen molar-refractivity contribution < 1.29 is 4.79 Å². The Bertz CT molecular complexity index is 971. The molecule has 0 aliphatic heterocycles. The van der Waals surface area contributed by atoms with Crippen LogP contribution in [0.2, 0.25) is 5.02 Å². The molecule has 146 valence electrons. The number of rotatable bonds is 6. The van der Waals surface area contributed by atoms with E-state index < -0.39 is 0 Å². The largest absolute Gasteiger partial charge is 0.378 e. The maximum atomic E-state index is 12.6. The van der Waals surface area contributed by atoms with Gasteiger partial charge >= 0.3 is 0 Å². The van der Waals surface area contributed by atoms with Crippen molar-refractivity contribution in [2.75, 3.05) is 24.3 Å². The van der Waals surface area contributed by atoms with E-state index >= 15 is 0 Å². The fourth-order valence-corrected chi connectivity index (χ4v) is 3.53. The number of carbonyl (C=O) groups is 1. The van der Waals surface area contributed by atoms with E-state index in [2.05, 4.69) is 15.5 Å². The minimum atomic E-state index is -0.350. The first-order chi connectivity index (χ1) is 13.3. The first-order valence-corrected chi connectivity index (χ1v) is 10.0. The summed E-state index contributed by atoms with van der Waals surface area (Å²) in [4.78, 5) is 14.6. The zero-order valence-corrected chi connectivity index (χ0v) is 17.8. The van der Waals surface area contributed by atoms with Crippen molar-refractivity contribution in [3.05, 3.63) is 59.4 Å². The summed E-state index contributed by atoms with van der Waals surface area (Å²) in [6.07, 6.45) is 1.62. The van der Waals surface area contributed by atoms with E-state index in [1.165, 1.54) is 11.8 Å². The highest BCUT2D eigenvalue weighted by atomic mass is 35.5. The Morgan fingerprint density at radius 1 is 1.21 bits per heavy atom. The third-order valence-electron chi connectivity index (χ3n) is 4.25. The van der Waals surface area contributed by atoms with E-state index in [0.717, 1.165) is 22.6 Å². The van der Waals surface area contributed by atoms with Crippen LogP contribution in [-0.2, 0) is 4.79 Å². The monoisotopic (exact) mass is 415 g/mol. The Balaban J connectivity index is 1.69. The number of nitrogens with one attached hydrogen (secondary N) is 1. The molecule has 0 saturated heterocycles. The summed E-state index contributed by atoms with van der Waals surface area (Å²) < 4.78 is 1.83. The molecule has 1 amide bonds. The lowest BCUT2D eigenvalue weighted by Gasteiger charge is -2.15. The van der Waals surface area contributed by atoms with Gasteiger partial charge in [-0.3, -0.25) is 9.36 Å². The van der Waals surface area contributed by atoms with Crippen LogP contribution in [0.1, 0.15) is 12.5 Å². The highest BCUT2D eigenvalue weighted by molar-refractivity contribution is 8.00. The minimum Gasteiger partial charge on any atom is -0.378 e. The number of benzene rings is 2. The summed E-state index contributed by atoms with van der Waals surface area (Å²) in [5, 5.41) is 12.0. The normalized spacial score (nSPS) is 11.9. The number of halogens is 1. The Morgan fingerprint density at radius 2 is 1.93 bits per heavy atom. The van der Waals surface area contributed by atoms with Crippen LogP contribution in [0, 0.1) is 6.92 Å². The average molecular weight is 416 g/mol. The molecule has 3 rings (SSSR count). The van der Waals surface area contributed by atoms with Crippen molar-refractivity contribution in [1.29, 1.82) is 0 Å². The molecule has 0 aliphatic carbocycles. The Kier molecular flexibility index (Phi) is 6.26. The standard InChI is InChI=1S/C20H22ClN5OS/c1-13-5-8-17(11-18(13)21)26-12-22-24-20(26)28-14(2)19(27)23-15-6-9-16(10-7-15)25(3)4/h5-12,14H,1-4H3,(H,23,27). The predicted octanol–water partition coefficient (Wildman–Crippen LogP) is 4.41. The van der Waals surface area contributed by atoms with Crippen molar-refractivity contribution in [3.63, 3.8) is 0 Å². The molecule has 3 aromatic rings. The number of nitrogens with zero attached hydrogens (tertiary/aromatic N) is 4. The van der Waals surface area contributed by atoms with Crippen molar-refractivity contribution in [1.82, 2.24) is 14.8 Å².